The molecule has 3 aromatic carbocycles. The van der Waals surface area contributed by atoms with Gasteiger partial charge in [0.25, 0.3) is 5.91 Å². The average Bonchev–Trinajstić information content (AvgIpc) is 2.77. The molecule has 1 amide bonds. The predicted octanol–water partition coefficient (Wildman–Crippen LogP) is 3.99. The second-order valence-electron chi connectivity index (χ2n) is 7.32. The Bertz CT molecular complexity index is 1160. The minimum absolute atomic E-state index is 0.185. The molecule has 3 rings (SSSR count). The number of benzene rings is 3. The van der Waals surface area contributed by atoms with Gasteiger partial charge in [0.15, 0.2) is 6.61 Å². The van der Waals surface area contributed by atoms with Gasteiger partial charge in [-0.15, -0.1) is 0 Å². The molecule has 0 atom stereocenters. The van der Waals surface area contributed by atoms with Crippen LogP contribution in [0.5, 0.6) is 11.5 Å². The summed E-state index contributed by atoms with van der Waals surface area (Å²) in [6, 6.07) is 21.3. The van der Waals surface area contributed by atoms with Gasteiger partial charge in [-0.3, -0.25) is 9.10 Å². The number of nitrogens with zero attached hydrogens (tertiary/aromatic N) is 1. The third-order valence-corrected chi connectivity index (χ3v) is 5.84. The zero-order valence-electron chi connectivity index (χ0n) is 18.2. The summed E-state index contributed by atoms with van der Waals surface area (Å²) in [5.41, 5.74) is 3.11. The van der Waals surface area contributed by atoms with Crippen molar-refractivity contribution in [3.63, 3.8) is 0 Å². The highest BCUT2D eigenvalue weighted by atomic mass is 32.2. The molecule has 168 valence electrons. The molecule has 0 saturated carbocycles. The predicted molar refractivity (Wildman–Crippen MR) is 126 cm³/mol. The lowest BCUT2D eigenvalue weighted by molar-refractivity contribution is -0.118. The van der Waals surface area contributed by atoms with Crippen molar-refractivity contribution >= 4 is 27.3 Å². The molecule has 0 bridgehead atoms. The average molecular weight is 455 g/mol. The van der Waals surface area contributed by atoms with Crippen LogP contribution in [0.2, 0.25) is 0 Å². The summed E-state index contributed by atoms with van der Waals surface area (Å²) >= 11 is 0. The number of carbonyl (C=O) groups excluding carboxylic acids is 1. The lowest BCUT2D eigenvalue weighted by Crippen LogP contribution is -2.29. The number of anilines is 2. The monoisotopic (exact) mass is 454 g/mol. The molecule has 0 saturated heterocycles. The third-order valence-electron chi connectivity index (χ3n) is 4.70. The highest BCUT2D eigenvalue weighted by Crippen LogP contribution is 2.24. The molecule has 1 N–H and O–H groups in total. The summed E-state index contributed by atoms with van der Waals surface area (Å²) in [6.45, 7) is 2.02. The minimum atomic E-state index is -3.49. The Morgan fingerprint density at radius 3 is 2.28 bits per heavy atom. The Morgan fingerprint density at radius 1 is 0.969 bits per heavy atom. The van der Waals surface area contributed by atoms with Crippen molar-refractivity contribution in [1.29, 1.82) is 0 Å². The molecule has 0 aliphatic carbocycles. The van der Waals surface area contributed by atoms with E-state index in [1.165, 1.54) is 10.6 Å². The van der Waals surface area contributed by atoms with E-state index in [2.05, 4.69) is 5.32 Å². The van der Waals surface area contributed by atoms with E-state index < -0.39 is 10.0 Å². The maximum absolute atomic E-state index is 12.4. The van der Waals surface area contributed by atoms with Crippen LogP contribution in [0.4, 0.5) is 11.4 Å². The first-order chi connectivity index (χ1) is 15.2. The first-order valence-corrected chi connectivity index (χ1v) is 11.8. The molecule has 3 aromatic rings. The van der Waals surface area contributed by atoms with Crippen LogP contribution in [0.25, 0.3) is 0 Å². The molecule has 0 fully saturated rings. The van der Waals surface area contributed by atoms with Gasteiger partial charge >= 0.3 is 0 Å². The summed E-state index contributed by atoms with van der Waals surface area (Å²) in [4.78, 5) is 12.2. The van der Waals surface area contributed by atoms with Gasteiger partial charge in [0.1, 0.15) is 11.5 Å². The second-order valence-corrected chi connectivity index (χ2v) is 9.22. The van der Waals surface area contributed by atoms with Crippen LogP contribution < -0.4 is 19.1 Å². The fourth-order valence-corrected chi connectivity index (χ4v) is 3.90. The number of ether oxygens (including phenoxy) is 2. The number of carbonyl (C=O) groups is 1. The summed E-state index contributed by atoms with van der Waals surface area (Å²) in [7, 11) is -1.93. The van der Waals surface area contributed by atoms with E-state index in [0.29, 0.717) is 22.9 Å². The van der Waals surface area contributed by atoms with Crippen LogP contribution in [0.1, 0.15) is 11.1 Å². The van der Waals surface area contributed by atoms with E-state index in [4.69, 9.17) is 9.47 Å². The van der Waals surface area contributed by atoms with Gasteiger partial charge in [-0.2, -0.15) is 0 Å². The quantitative estimate of drug-likeness (QED) is 0.529. The largest absolute Gasteiger partial charge is 0.497 e. The molecule has 0 spiro atoms. The molecule has 0 aromatic heterocycles. The lowest BCUT2D eigenvalue weighted by atomic mass is 10.1. The summed E-state index contributed by atoms with van der Waals surface area (Å²) in [5.74, 6) is 0.776. The number of hydrogen-bond acceptors (Lipinski definition) is 5. The summed E-state index contributed by atoms with van der Waals surface area (Å²) in [5, 5.41) is 2.74. The molecule has 0 unspecified atom stereocenters. The van der Waals surface area contributed by atoms with Crippen molar-refractivity contribution in [2.45, 2.75) is 13.5 Å². The molecule has 0 heterocycles. The van der Waals surface area contributed by atoms with Crippen molar-refractivity contribution in [3.05, 3.63) is 83.9 Å². The molecule has 8 heteroatoms. The van der Waals surface area contributed by atoms with Gasteiger partial charge in [0.05, 0.1) is 25.6 Å². The fraction of sp³-hybridized carbons (Fsp3) is 0.208. The number of amides is 1. The Hall–Kier alpha value is -3.52. The van der Waals surface area contributed by atoms with E-state index in [0.717, 1.165) is 11.1 Å². The fourth-order valence-electron chi connectivity index (χ4n) is 3.01. The Labute approximate surface area is 188 Å². The number of nitrogens with one attached hydrogen (secondary N) is 1. The van der Waals surface area contributed by atoms with Crippen LogP contribution >= 0.6 is 0 Å². The Morgan fingerprint density at radius 2 is 1.66 bits per heavy atom. The van der Waals surface area contributed by atoms with Crippen molar-refractivity contribution in [2.75, 3.05) is 29.6 Å². The highest BCUT2D eigenvalue weighted by Gasteiger charge is 2.18. The molecule has 32 heavy (non-hydrogen) atoms. The van der Waals surface area contributed by atoms with Crippen molar-refractivity contribution in [1.82, 2.24) is 0 Å². The zero-order chi connectivity index (χ0) is 23.1. The van der Waals surface area contributed by atoms with Crippen LogP contribution in [-0.4, -0.2) is 34.3 Å². The van der Waals surface area contributed by atoms with Crippen molar-refractivity contribution in [2.24, 2.45) is 0 Å². The molecule has 0 aliphatic rings. The summed E-state index contributed by atoms with van der Waals surface area (Å²) in [6.07, 6.45) is 1.18. The number of aryl methyl sites for hydroxylation is 1. The minimum Gasteiger partial charge on any atom is -0.497 e. The molecular weight excluding hydrogens is 428 g/mol. The van der Waals surface area contributed by atoms with Gasteiger partial charge in [-0.05, 0) is 48.9 Å². The van der Waals surface area contributed by atoms with E-state index in [1.807, 2.05) is 31.2 Å². The van der Waals surface area contributed by atoms with Gasteiger partial charge in [0, 0.05) is 11.8 Å². The number of methoxy groups -OCH3 is 1. The molecule has 7 nitrogen and oxygen atoms in total. The molecule has 0 aliphatic heterocycles. The SMILES string of the molecule is COc1cccc(NC(=O)COc2ccc(N(Cc3ccc(C)cc3)S(C)(=O)=O)cc2)c1. The maximum atomic E-state index is 12.4. The van der Waals surface area contributed by atoms with Crippen molar-refractivity contribution in [3.8, 4) is 11.5 Å². The normalized spacial score (nSPS) is 11.0. The van der Waals surface area contributed by atoms with E-state index in [1.54, 1.807) is 55.6 Å². The Balaban J connectivity index is 1.63. The van der Waals surface area contributed by atoms with Crippen LogP contribution in [0.15, 0.2) is 72.8 Å². The van der Waals surface area contributed by atoms with E-state index >= 15 is 0 Å². The zero-order valence-corrected chi connectivity index (χ0v) is 19.1. The smallest absolute Gasteiger partial charge is 0.262 e. The van der Waals surface area contributed by atoms with Gasteiger partial charge < -0.3 is 14.8 Å². The standard InChI is InChI=1S/C24H26N2O5S/c1-18-7-9-19(10-8-18)16-26(32(3,28)29)21-11-13-22(14-12-21)31-17-24(27)25-20-5-4-6-23(15-20)30-2/h4-15H,16-17H2,1-3H3,(H,25,27). The van der Waals surface area contributed by atoms with E-state index in [9.17, 15) is 13.2 Å². The van der Waals surface area contributed by atoms with Gasteiger partial charge in [0.2, 0.25) is 10.0 Å². The first kappa shape index (κ1) is 23.1. The van der Waals surface area contributed by atoms with Gasteiger partial charge in [-0.1, -0.05) is 35.9 Å². The van der Waals surface area contributed by atoms with Gasteiger partial charge in [-0.25, -0.2) is 8.42 Å². The first-order valence-electron chi connectivity index (χ1n) is 9.94. The Kier molecular flexibility index (Phi) is 7.37. The molecule has 0 radical (unpaired) electrons. The highest BCUT2D eigenvalue weighted by molar-refractivity contribution is 7.92. The second kappa shape index (κ2) is 10.2. The number of sulfonamides is 1. The summed E-state index contributed by atoms with van der Waals surface area (Å²) < 4.78 is 36.7. The van der Waals surface area contributed by atoms with Crippen LogP contribution in [-0.2, 0) is 21.4 Å². The third kappa shape index (κ3) is 6.49. The van der Waals surface area contributed by atoms with Crippen LogP contribution in [0, 0.1) is 6.92 Å². The molecular formula is C24H26N2O5S. The number of rotatable bonds is 9. The van der Waals surface area contributed by atoms with Crippen molar-refractivity contribution < 1.29 is 22.7 Å². The lowest BCUT2D eigenvalue weighted by Gasteiger charge is -2.23. The number of hydrogen-bond donors (Lipinski definition) is 1. The topological polar surface area (TPSA) is 84.9 Å². The van der Waals surface area contributed by atoms with Crippen LogP contribution in [0.3, 0.4) is 0 Å². The maximum Gasteiger partial charge on any atom is 0.262 e. The van der Waals surface area contributed by atoms with E-state index in [-0.39, 0.29) is 19.1 Å².